The lowest BCUT2D eigenvalue weighted by Gasteiger charge is -2.20. The number of carbonyl (C=O) groups excluding carboxylic acids is 1. The minimum absolute atomic E-state index is 0.0823. The summed E-state index contributed by atoms with van der Waals surface area (Å²) < 4.78 is 7.15. The molecular formula is C21H24N4O3S. The second-order valence-corrected chi connectivity index (χ2v) is 8.31. The summed E-state index contributed by atoms with van der Waals surface area (Å²) in [5.74, 6) is 0.801. The van der Waals surface area contributed by atoms with Crippen molar-refractivity contribution in [2.24, 2.45) is 5.92 Å². The SMILES string of the molecule is CCc1nn2c(=O)cc(COc3cccc(NC(=O)C4CCCCC4)c3)nc2s1. The van der Waals surface area contributed by atoms with Crippen LogP contribution < -0.4 is 15.6 Å². The van der Waals surface area contributed by atoms with Gasteiger partial charge < -0.3 is 10.1 Å². The van der Waals surface area contributed by atoms with Gasteiger partial charge in [0.05, 0.1) is 5.69 Å². The lowest BCUT2D eigenvalue weighted by molar-refractivity contribution is -0.120. The fourth-order valence-corrected chi connectivity index (χ4v) is 4.40. The third-order valence-electron chi connectivity index (χ3n) is 5.11. The number of carbonyl (C=O) groups is 1. The molecule has 1 aliphatic carbocycles. The van der Waals surface area contributed by atoms with Crippen LogP contribution in [0.2, 0.25) is 0 Å². The second-order valence-electron chi connectivity index (χ2n) is 7.27. The standard InChI is InChI=1S/C21H24N4O3S/c1-2-18-24-25-19(26)12-16(23-21(25)29-18)13-28-17-10-6-9-15(11-17)22-20(27)14-7-4-3-5-8-14/h6,9-12,14H,2-5,7-8,13H2,1H3,(H,22,27). The molecule has 152 valence electrons. The van der Waals surface area contributed by atoms with E-state index in [0.29, 0.717) is 16.4 Å². The summed E-state index contributed by atoms with van der Waals surface area (Å²) in [6.07, 6.45) is 6.15. The number of aromatic nitrogens is 3. The molecule has 1 amide bonds. The molecule has 0 radical (unpaired) electrons. The average Bonchev–Trinajstić information content (AvgIpc) is 3.17. The Bertz CT molecular complexity index is 1070. The molecule has 2 heterocycles. The van der Waals surface area contributed by atoms with Crippen LogP contribution in [-0.2, 0) is 17.8 Å². The third kappa shape index (κ3) is 4.64. The maximum Gasteiger partial charge on any atom is 0.275 e. The number of amides is 1. The number of fused-ring (bicyclic) bond motifs is 1. The molecule has 0 bridgehead atoms. The number of ether oxygens (including phenoxy) is 1. The van der Waals surface area contributed by atoms with Gasteiger partial charge in [0.25, 0.3) is 5.56 Å². The largest absolute Gasteiger partial charge is 0.487 e. The molecule has 1 saturated carbocycles. The summed E-state index contributed by atoms with van der Waals surface area (Å²) in [6, 6.07) is 8.76. The van der Waals surface area contributed by atoms with Gasteiger partial charge in [-0.3, -0.25) is 9.59 Å². The molecule has 0 unspecified atom stereocenters. The second kappa shape index (κ2) is 8.73. The van der Waals surface area contributed by atoms with Gasteiger partial charge in [0, 0.05) is 23.7 Å². The number of nitrogens with one attached hydrogen (secondary N) is 1. The van der Waals surface area contributed by atoms with Gasteiger partial charge >= 0.3 is 0 Å². The van der Waals surface area contributed by atoms with Crippen molar-refractivity contribution in [1.29, 1.82) is 0 Å². The van der Waals surface area contributed by atoms with Crippen LogP contribution in [0.3, 0.4) is 0 Å². The van der Waals surface area contributed by atoms with Crippen molar-refractivity contribution >= 4 is 27.9 Å². The number of rotatable bonds is 6. The predicted octanol–water partition coefficient (Wildman–Crippen LogP) is 3.81. The molecule has 1 N–H and O–H groups in total. The van der Waals surface area contributed by atoms with E-state index in [-0.39, 0.29) is 24.0 Å². The summed E-state index contributed by atoms with van der Waals surface area (Å²) >= 11 is 1.41. The normalized spacial score (nSPS) is 14.8. The minimum Gasteiger partial charge on any atom is -0.487 e. The van der Waals surface area contributed by atoms with Crippen molar-refractivity contribution in [3.05, 3.63) is 51.4 Å². The average molecular weight is 413 g/mol. The highest BCUT2D eigenvalue weighted by atomic mass is 32.1. The van der Waals surface area contributed by atoms with Crippen LogP contribution in [-0.4, -0.2) is 20.5 Å². The molecule has 29 heavy (non-hydrogen) atoms. The number of hydrogen-bond acceptors (Lipinski definition) is 6. The molecule has 3 aromatic rings. The first-order chi connectivity index (χ1) is 14.1. The Kier molecular flexibility index (Phi) is 5.89. The van der Waals surface area contributed by atoms with Crippen LogP contribution in [0.15, 0.2) is 35.1 Å². The first-order valence-electron chi connectivity index (χ1n) is 10.0. The Morgan fingerprint density at radius 3 is 2.90 bits per heavy atom. The van der Waals surface area contributed by atoms with E-state index in [1.807, 2.05) is 25.1 Å². The van der Waals surface area contributed by atoms with Crippen molar-refractivity contribution in [1.82, 2.24) is 14.6 Å². The quantitative estimate of drug-likeness (QED) is 0.665. The molecule has 0 saturated heterocycles. The van der Waals surface area contributed by atoms with Gasteiger partial charge in [0.15, 0.2) is 0 Å². The van der Waals surface area contributed by atoms with Gasteiger partial charge in [-0.15, -0.1) is 0 Å². The Morgan fingerprint density at radius 2 is 2.10 bits per heavy atom. The zero-order valence-corrected chi connectivity index (χ0v) is 17.2. The number of anilines is 1. The van der Waals surface area contributed by atoms with Gasteiger partial charge in [-0.2, -0.15) is 9.61 Å². The fourth-order valence-electron chi connectivity index (χ4n) is 3.54. The van der Waals surface area contributed by atoms with Crippen molar-refractivity contribution in [3.63, 3.8) is 0 Å². The van der Waals surface area contributed by atoms with Gasteiger partial charge in [0.2, 0.25) is 10.9 Å². The summed E-state index contributed by atoms with van der Waals surface area (Å²) in [7, 11) is 0. The minimum atomic E-state index is -0.210. The zero-order valence-electron chi connectivity index (χ0n) is 16.4. The lowest BCUT2D eigenvalue weighted by atomic mass is 9.88. The lowest BCUT2D eigenvalue weighted by Crippen LogP contribution is -2.24. The molecule has 0 spiro atoms. The van der Waals surface area contributed by atoms with Gasteiger partial charge in [-0.1, -0.05) is 43.6 Å². The smallest absolute Gasteiger partial charge is 0.275 e. The van der Waals surface area contributed by atoms with E-state index in [9.17, 15) is 9.59 Å². The highest BCUT2D eigenvalue weighted by Crippen LogP contribution is 2.26. The van der Waals surface area contributed by atoms with Crippen LogP contribution in [0.25, 0.3) is 4.96 Å². The summed E-state index contributed by atoms with van der Waals surface area (Å²) in [5, 5.41) is 8.11. The van der Waals surface area contributed by atoms with E-state index in [1.54, 1.807) is 6.07 Å². The summed E-state index contributed by atoms with van der Waals surface area (Å²) in [4.78, 5) is 29.7. The molecule has 1 fully saturated rings. The molecular weight excluding hydrogens is 388 g/mol. The topological polar surface area (TPSA) is 85.6 Å². The molecule has 2 aromatic heterocycles. The van der Waals surface area contributed by atoms with Crippen molar-refractivity contribution in [3.8, 4) is 5.75 Å². The van der Waals surface area contributed by atoms with E-state index in [1.165, 1.54) is 28.3 Å². The van der Waals surface area contributed by atoms with E-state index in [0.717, 1.165) is 42.8 Å². The van der Waals surface area contributed by atoms with Crippen molar-refractivity contribution in [2.75, 3.05) is 5.32 Å². The van der Waals surface area contributed by atoms with E-state index >= 15 is 0 Å². The zero-order chi connectivity index (χ0) is 20.2. The summed E-state index contributed by atoms with van der Waals surface area (Å²) in [5.41, 5.74) is 1.06. The van der Waals surface area contributed by atoms with Gasteiger partial charge in [-0.25, -0.2) is 4.98 Å². The maximum atomic E-state index is 12.4. The van der Waals surface area contributed by atoms with Crippen molar-refractivity contribution in [2.45, 2.75) is 52.1 Å². The number of benzene rings is 1. The number of aryl methyl sites for hydroxylation is 1. The van der Waals surface area contributed by atoms with Crippen LogP contribution >= 0.6 is 11.3 Å². The fraction of sp³-hybridized carbons (Fsp3) is 0.429. The molecule has 7 nitrogen and oxygen atoms in total. The van der Waals surface area contributed by atoms with E-state index in [2.05, 4.69) is 15.4 Å². The molecule has 1 aromatic carbocycles. The number of hydrogen-bond donors (Lipinski definition) is 1. The highest BCUT2D eigenvalue weighted by Gasteiger charge is 2.21. The molecule has 4 rings (SSSR count). The molecule has 0 aliphatic heterocycles. The maximum absolute atomic E-state index is 12.4. The van der Waals surface area contributed by atoms with Crippen LogP contribution in [0.5, 0.6) is 5.75 Å². The summed E-state index contributed by atoms with van der Waals surface area (Å²) in [6.45, 7) is 2.16. The van der Waals surface area contributed by atoms with Crippen molar-refractivity contribution < 1.29 is 9.53 Å². The molecule has 8 heteroatoms. The van der Waals surface area contributed by atoms with Gasteiger partial charge in [0.1, 0.15) is 17.4 Å². The highest BCUT2D eigenvalue weighted by molar-refractivity contribution is 7.16. The van der Waals surface area contributed by atoms with Crippen LogP contribution in [0.4, 0.5) is 5.69 Å². The monoisotopic (exact) mass is 412 g/mol. The Balaban J connectivity index is 1.42. The number of nitrogens with zero attached hydrogens (tertiary/aromatic N) is 3. The first-order valence-corrected chi connectivity index (χ1v) is 10.9. The van der Waals surface area contributed by atoms with E-state index in [4.69, 9.17) is 4.74 Å². The van der Waals surface area contributed by atoms with Crippen LogP contribution in [0, 0.1) is 5.92 Å². The molecule has 1 aliphatic rings. The predicted molar refractivity (Wildman–Crippen MR) is 112 cm³/mol. The Morgan fingerprint density at radius 1 is 1.28 bits per heavy atom. The Labute approximate surface area is 172 Å². The third-order valence-corrected chi connectivity index (χ3v) is 6.16. The Hall–Kier alpha value is -2.74. The molecule has 0 atom stereocenters. The first kappa shape index (κ1) is 19.6. The van der Waals surface area contributed by atoms with Gasteiger partial charge in [-0.05, 0) is 31.4 Å². The van der Waals surface area contributed by atoms with E-state index < -0.39 is 0 Å². The van der Waals surface area contributed by atoms with Crippen LogP contribution in [0.1, 0.15) is 49.7 Å².